The van der Waals surface area contributed by atoms with Crippen molar-refractivity contribution in [3.8, 4) is 0 Å². The summed E-state index contributed by atoms with van der Waals surface area (Å²) < 4.78 is 4.99. The number of esters is 1. The predicted octanol–water partition coefficient (Wildman–Crippen LogP) is 2.11. The Kier molecular flexibility index (Phi) is 6.34. The van der Waals surface area contributed by atoms with Crippen LogP contribution < -0.4 is 10.2 Å². The van der Waals surface area contributed by atoms with Gasteiger partial charge in [0.05, 0.1) is 11.8 Å². The van der Waals surface area contributed by atoms with Crippen LogP contribution in [0, 0.1) is 11.8 Å². The summed E-state index contributed by atoms with van der Waals surface area (Å²) in [7, 11) is 0. The fourth-order valence-electron chi connectivity index (χ4n) is 4.45. The Balaban J connectivity index is 1.23. The Bertz CT molecular complexity index is 863. The molecule has 3 aliphatic rings. The monoisotopic (exact) mass is 425 g/mol. The molecule has 3 amide bonds. The lowest BCUT2D eigenvalue weighted by Crippen LogP contribution is -2.37. The summed E-state index contributed by atoms with van der Waals surface area (Å²) in [5.74, 6) is -2.70. The molecule has 164 valence electrons. The molecule has 1 aromatic carbocycles. The first-order chi connectivity index (χ1) is 15.0. The molecule has 1 N–H and O–H groups in total. The number of carbonyl (C=O) groups is 4. The van der Waals surface area contributed by atoms with Crippen molar-refractivity contribution in [2.75, 3.05) is 36.5 Å². The minimum absolute atomic E-state index is 0.338. The van der Waals surface area contributed by atoms with Gasteiger partial charge in [0.2, 0.25) is 11.8 Å². The van der Waals surface area contributed by atoms with Crippen molar-refractivity contribution in [3.63, 3.8) is 0 Å². The van der Waals surface area contributed by atoms with Crippen LogP contribution in [-0.2, 0) is 23.9 Å². The number of fused-ring (bicyclic) bond motifs is 1. The maximum atomic E-state index is 12.4. The molecule has 8 nitrogen and oxygen atoms in total. The number of piperidine rings is 1. The van der Waals surface area contributed by atoms with E-state index in [4.69, 9.17) is 4.74 Å². The highest BCUT2D eigenvalue weighted by molar-refractivity contribution is 6.07. The molecule has 0 radical (unpaired) electrons. The van der Waals surface area contributed by atoms with Crippen LogP contribution in [0.5, 0.6) is 0 Å². The predicted molar refractivity (Wildman–Crippen MR) is 114 cm³/mol. The minimum atomic E-state index is -0.774. The first-order valence-electron chi connectivity index (χ1n) is 10.8. The number of nitrogens with zero attached hydrogens (tertiary/aromatic N) is 2. The smallest absolute Gasteiger partial charge is 0.326 e. The standard InChI is InChI=1S/C23H27N3O5/c27-20(24-16-8-10-17(11-9-16)25-12-4-1-5-13-25)15-31-21(28)14-26-22(29)18-6-2-3-7-19(18)23(26)30/h2-3,8-11,18-19H,1,4-7,12-15H2,(H,24,27)/t18-,19-/m0/s1. The highest BCUT2D eigenvalue weighted by Crippen LogP contribution is 2.34. The molecule has 0 aromatic heterocycles. The fraction of sp³-hybridized carbons (Fsp3) is 0.478. The number of likely N-dealkylation sites (tertiary alicyclic amines) is 1. The number of ether oxygens (including phenoxy) is 1. The summed E-state index contributed by atoms with van der Waals surface area (Å²) in [4.78, 5) is 52.3. The molecule has 2 heterocycles. The highest BCUT2D eigenvalue weighted by Gasteiger charge is 2.47. The van der Waals surface area contributed by atoms with Crippen LogP contribution in [0.25, 0.3) is 0 Å². The van der Waals surface area contributed by atoms with E-state index in [1.807, 2.05) is 36.4 Å². The van der Waals surface area contributed by atoms with E-state index < -0.39 is 25.0 Å². The van der Waals surface area contributed by atoms with Gasteiger partial charge in [-0.2, -0.15) is 0 Å². The zero-order chi connectivity index (χ0) is 21.8. The van der Waals surface area contributed by atoms with Crippen molar-refractivity contribution in [3.05, 3.63) is 36.4 Å². The van der Waals surface area contributed by atoms with E-state index in [-0.39, 0.29) is 23.7 Å². The molecular formula is C23H27N3O5. The summed E-state index contributed by atoms with van der Waals surface area (Å²) in [6, 6.07) is 7.57. The van der Waals surface area contributed by atoms with E-state index in [2.05, 4.69) is 10.2 Å². The summed E-state index contributed by atoms with van der Waals surface area (Å²) in [5, 5.41) is 2.69. The van der Waals surface area contributed by atoms with Crippen molar-refractivity contribution in [1.29, 1.82) is 0 Å². The molecule has 1 aromatic rings. The number of anilines is 2. The molecule has 0 bridgehead atoms. The van der Waals surface area contributed by atoms with Gasteiger partial charge in [-0.3, -0.25) is 24.1 Å². The summed E-state index contributed by atoms with van der Waals surface area (Å²) in [6.45, 7) is 1.16. The Hall–Kier alpha value is -3.16. The van der Waals surface area contributed by atoms with Crippen LogP contribution in [-0.4, -0.2) is 54.8 Å². The Morgan fingerprint density at radius 1 is 0.935 bits per heavy atom. The lowest BCUT2D eigenvalue weighted by atomic mass is 9.85. The zero-order valence-corrected chi connectivity index (χ0v) is 17.4. The number of nitrogens with one attached hydrogen (secondary N) is 1. The summed E-state index contributed by atoms with van der Waals surface area (Å²) in [5.41, 5.74) is 1.74. The van der Waals surface area contributed by atoms with E-state index in [1.165, 1.54) is 19.3 Å². The maximum Gasteiger partial charge on any atom is 0.326 e. The molecule has 8 heteroatoms. The van der Waals surface area contributed by atoms with Gasteiger partial charge in [-0.1, -0.05) is 12.2 Å². The number of amides is 3. The molecule has 2 saturated heterocycles. The van der Waals surface area contributed by atoms with Gasteiger partial charge < -0.3 is 15.0 Å². The third-order valence-corrected chi connectivity index (χ3v) is 6.12. The van der Waals surface area contributed by atoms with Gasteiger partial charge in [0.1, 0.15) is 6.54 Å². The molecule has 4 rings (SSSR count). The Morgan fingerprint density at radius 3 is 2.16 bits per heavy atom. The minimum Gasteiger partial charge on any atom is -0.454 e. The third kappa shape index (κ3) is 4.78. The molecule has 31 heavy (non-hydrogen) atoms. The lowest BCUT2D eigenvalue weighted by Gasteiger charge is -2.28. The van der Waals surface area contributed by atoms with Crippen LogP contribution in [0.4, 0.5) is 11.4 Å². The third-order valence-electron chi connectivity index (χ3n) is 6.12. The largest absolute Gasteiger partial charge is 0.454 e. The number of carbonyl (C=O) groups excluding carboxylic acids is 4. The molecule has 2 fully saturated rings. The zero-order valence-electron chi connectivity index (χ0n) is 17.4. The topological polar surface area (TPSA) is 96.0 Å². The van der Waals surface area contributed by atoms with Crippen LogP contribution in [0.2, 0.25) is 0 Å². The molecular weight excluding hydrogens is 398 g/mol. The average molecular weight is 425 g/mol. The number of allylic oxidation sites excluding steroid dienone is 2. The second-order valence-corrected chi connectivity index (χ2v) is 8.22. The number of benzene rings is 1. The quantitative estimate of drug-likeness (QED) is 0.426. The highest BCUT2D eigenvalue weighted by atomic mass is 16.5. The Labute approximate surface area is 181 Å². The van der Waals surface area contributed by atoms with E-state index in [1.54, 1.807) is 0 Å². The van der Waals surface area contributed by atoms with Crippen LogP contribution in [0.15, 0.2) is 36.4 Å². The molecule has 1 aliphatic carbocycles. The average Bonchev–Trinajstić information content (AvgIpc) is 3.04. The SMILES string of the molecule is O=C(COC(=O)CN1C(=O)[C@H]2CC=CC[C@@H]2C1=O)Nc1ccc(N2CCCCC2)cc1. The van der Waals surface area contributed by atoms with Gasteiger partial charge in [0, 0.05) is 24.5 Å². The first-order valence-corrected chi connectivity index (χ1v) is 10.8. The molecule has 2 aliphatic heterocycles. The second kappa shape index (κ2) is 9.32. The normalized spacial score (nSPS) is 23.0. The summed E-state index contributed by atoms with van der Waals surface area (Å²) >= 11 is 0. The van der Waals surface area contributed by atoms with E-state index in [9.17, 15) is 19.2 Å². The van der Waals surface area contributed by atoms with E-state index in [0.29, 0.717) is 18.5 Å². The van der Waals surface area contributed by atoms with Gasteiger partial charge in [-0.15, -0.1) is 0 Å². The van der Waals surface area contributed by atoms with E-state index >= 15 is 0 Å². The van der Waals surface area contributed by atoms with Crippen LogP contribution in [0.1, 0.15) is 32.1 Å². The molecule has 0 spiro atoms. The second-order valence-electron chi connectivity index (χ2n) is 8.22. The molecule has 2 atom stereocenters. The van der Waals surface area contributed by atoms with Crippen molar-refractivity contribution in [2.45, 2.75) is 32.1 Å². The van der Waals surface area contributed by atoms with Crippen molar-refractivity contribution in [2.24, 2.45) is 11.8 Å². The first kappa shape index (κ1) is 21.1. The number of hydrogen-bond donors (Lipinski definition) is 1. The van der Waals surface area contributed by atoms with Crippen LogP contribution in [0.3, 0.4) is 0 Å². The van der Waals surface area contributed by atoms with Gasteiger partial charge in [0.15, 0.2) is 6.61 Å². The van der Waals surface area contributed by atoms with Crippen molar-refractivity contribution in [1.82, 2.24) is 4.90 Å². The van der Waals surface area contributed by atoms with Gasteiger partial charge in [0.25, 0.3) is 5.91 Å². The van der Waals surface area contributed by atoms with Gasteiger partial charge in [-0.25, -0.2) is 0 Å². The van der Waals surface area contributed by atoms with Crippen molar-refractivity contribution < 1.29 is 23.9 Å². The molecule has 0 saturated carbocycles. The Morgan fingerprint density at radius 2 is 1.55 bits per heavy atom. The maximum absolute atomic E-state index is 12.4. The van der Waals surface area contributed by atoms with Gasteiger partial charge in [-0.05, 0) is 56.4 Å². The fourth-order valence-corrected chi connectivity index (χ4v) is 4.45. The number of rotatable bonds is 6. The summed E-state index contributed by atoms with van der Waals surface area (Å²) in [6.07, 6.45) is 8.45. The van der Waals surface area contributed by atoms with Crippen molar-refractivity contribution >= 4 is 35.1 Å². The molecule has 0 unspecified atom stereocenters. The van der Waals surface area contributed by atoms with E-state index in [0.717, 1.165) is 23.7 Å². The van der Waals surface area contributed by atoms with Crippen LogP contribution >= 0.6 is 0 Å². The number of hydrogen-bond acceptors (Lipinski definition) is 6. The van der Waals surface area contributed by atoms with Gasteiger partial charge >= 0.3 is 5.97 Å². The number of imide groups is 1. The lowest BCUT2D eigenvalue weighted by molar-refractivity contribution is -0.154.